The lowest BCUT2D eigenvalue weighted by Gasteiger charge is -2.20. The third kappa shape index (κ3) is 5.14. The summed E-state index contributed by atoms with van der Waals surface area (Å²) in [6.45, 7) is 2.39. The van der Waals surface area contributed by atoms with Crippen LogP contribution in [0.25, 0.3) is 0 Å². The van der Waals surface area contributed by atoms with Crippen LogP contribution in [0.1, 0.15) is 11.1 Å². The molecule has 0 aliphatic heterocycles. The number of halogens is 1. The van der Waals surface area contributed by atoms with Crippen molar-refractivity contribution in [3.8, 4) is 0 Å². The quantitative estimate of drug-likeness (QED) is 0.516. The standard InChI is InChI=1S/C8H8BF.C4H11NO3/c1-5-3-6(2)8(10)7(9)4-5;5-4(1-6,2-7)3-8/h3-4H,1-2H3;6-8H,1-3,5H2. The minimum atomic E-state index is -1.21. The maximum atomic E-state index is 12.8. The molecule has 6 heteroatoms. The van der Waals surface area contributed by atoms with Gasteiger partial charge in [0.15, 0.2) is 0 Å². The Hall–Kier alpha value is -0.945. The van der Waals surface area contributed by atoms with Crippen molar-refractivity contribution in [3.05, 3.63) is 29.1 Å². The van der Waals surface area contributed by atoms with Gasteiger partial charge < -0.3 is 21.1 Å². The summed E-state index contributed by atoms with van der Waals surface area (Å²) in [5.74, 6) is -0.300. The fourth-order valence-corrected chi connectivity index (χ4v) is 1.13. The molecule has 0 amide bonds. The first-order chi connectivity index (χ1) is 8.29. The summed E-state index contributed by atoms with van der Waals surface area (Å²) in [6.07, 6.45) is 0. The van der Waals surface area contributed by atoms with Gasteiger partial charge in [-0.1, -0.05) is 23.2 Å². The highest BCUT2D eigenvalue weighted by atomic mass is 19.1. The van der Waals surface area contributed by atoms with E-state index in [1.807, 2.05) is 6.92 Å². The Morgan fingerprint density at radius 3 is 1.89 bits per heavy atom. The lowest BCUT2D eigenvalue weighted by atomic mass is 9.92. The Morgan fingerprint density at radius 1 is 1.17 bits per heavy atom. The van der Waals surface area contributed by atoms with Crippen LogP contribution in [0.5, 0.6) is 0 Å². The highest BCUT2D eigenvalue weighted by Gasteiger charge is 2.20. The van der Waals surface area contributed by atoms with E-state index in [1.54, 1.807) is 19.1 Å². The lowest BCUT2D eigenvalue weighted by Crippen LogP contribution is -2.50. The monoisotopic (exact) mass is 255 g/mol. The van der Waals surface area contributed by atoms with Crippen LogP contribution in [0, 0.1) is 19.7 Å². The third-order valence-corrected chi connectivity index (χ3v) is 2.37. The molecule has 4 nitrogen and oxygen atoms in total. The maximum Gasteiger partial charge on any atom is 0.119 e. The van der Waals surface area contributed by atoms with Crippen LogP contribution in [0.2, 0.25) is 0 Å². The molecule has 0 spiro atoms. The lowest BCUT2D eigenvalue weighted by molar-refractivity contribution is 0.0698. The summed E-state index contributed by atoms with van der Waals surface area (Å²) in [7, 11) is 5.35. The van der Waals surface area contributed by atoms with Crippen molar-refractivity contribution in [1.29, 1.82) is 0 Å². The van der Waals surface area contributed by atoms with Gasteiger partial charge in [0, 0.05) is 0 Å². The number of hydrogen-bond acceptors (Lipinski definition) is 4. The molecule has 0 aliphatic carbocycles. The van der Waals surface area contributed by atoms with E-state index in [0.29, 0.717) is 5.56 Å². The van der Waals surface area contributed by atoms with Gasteiger partial charge >= 0.3 is 0 Å². The van der Waals surface area contributed by atoms with Crippen molar-refractivity contribution < 1.29 is 19.7 Å². The third-order valence-electron chi connectivity index (χ3n) is 2.37. The first-order valence-electron chi connectivity index (χ1n) is 5.43. The van der Waals surface area contributed by atoms with Gasteiger partial charge in [-0.15, -0.1) is 0 Å². The van der Waals surface area contributed by atoms with E-state index in [2.05, 4.69) is 0 Å². The molecule has 0 aliphatic rings. The van der Waals surface area contributed by atoms with Gasteiger partial charge in [-0.3, -0.25) is 0 Å². The van der Waals surface area contributed by atoms with Crippen LogP contribution in [0.4, 0.5) is 4.39 Å². The highest BCUT2D eigenvalue weighted by molar-refractivity contribution is 6.32. The van der Waals surface area contributed by atoms with Gasteiger partial charge in [0.1, 0.15) is 13.7 Å². The molecule has 100 valence electrons. The van der Waals surface area contributed by atoms with Crippen LogP contribution in [-0.2, 0) is 0 Å². The van der Waals surface area contributed by atoms with Crippen LogP contribution in [-0.4, -0.2) is 48.5 Å². The molecule has 0 unspecified atom stereocenters. The minimum Gasteiger partial charge on any atom is -0.394 e. The summed E-state index contributed by atoms with van der Waals surface area (Å²) in [4.78, 5) is 0. The number of hydrogen-bond donors (Lipinski definition) is 4. The average Bonchev–Trinajstić information content (AvgIpc) is 2.35. The van der Waals surface area contributed by atoms with Gasteiger partial charge in [-0.2, -0.15) is 0 Å². The van der Waals surface area contributed by atoms with E-state index in [1.165, 1.54) is 0 Å². The zero-order chi connectivity index (χ0) is 14.3. The van der Waals surface area contributed by atoms with Crippen molar-refractivity contribution in [3.63, 3.8) is 0 Å². The SMILES string of the molecule is NC(CO)(CO)CO.[B]c1cc(C)cc(C)c1F. The number of aliphatic hydroxyl groups excluding tert-OH is 3. The van der Waals surface area contributed by atoms with Crippen LogP contribution in [0.3, 0.4) is 0 Å². The predicted molar refractivity (Wildman–Crippen MR) is 69.4 cm³/mol. The summed E-state index contributed by atoms with van der Waals surface area (Å²) >= 11 is 0. The second kappa shape index (κ2) is 7.48. The van der Waals surface area contributed by atoms with Crippen LogP contribution >= 0.6 is 0 Å². The molecule has 0 bridgehead atoms. The second-order valence-corrected chi connectivity index (χ2v) is 4.32. The number of rotatable bonds is 3. The molecule has 0 saturated carbocycles. The van der Waals surface area contributed by atoms with E-state index in [4.69, 9.17) is 28.9 Å². The molecule has 18 heavy (non-hydrogen) atoms. The molecule has 1 aromatic carbocycles. The van der Waals surface area contributed by atoms with Gasteiger partial charge in [0.2, 0.25) is 0 Å². The number of nitrogens with two attached hydrogens (primary N) is 1. The highest BCUT2D eigenvalue weighted by Crippen LogP contribution is 2.04. The van der Waals surface area contributed by atoms with Crippen LogP contribution in [0.15, 0.2) is 12.1 Å². The number of aryl methyl sites for hydroxylation is 2. The number of benzene rings is 1. The summed E-state index contributed by atoms with van der Waals surface area (Å²) in [5, 5.41) is 25.0. The van der Waals surface area contributed by atoms with E-state index in [0.717, 1.165) is 5.56 Å². The van der Waals surface area contributed by atoms with Gasteiger partial charge in [-0.25, -0.2) is 4.39 Å². The van der Waals surface area contributed by atoms with Crippen molar-refractivity contribution >= 4 is 13.3 Å². The zero-order valence-electron chi connectivity index (χ0n) is 10.7. The molecular weight excluding hydrogens is 236 g/mol. The fraction of sp³-hybridized carbons (Fsp3) is 0.500. The fourth-order valence-electron chi connectivity index (χ4n) is 1.13. The van der Waals surface area contributed by atoms with Gasteiger partial charge in [0.25, 0.3) is 0 Å². The van der Waals surface area contributed by atoms with E-state index >= 15 is 0 Å². The Bertz CT molecular complexity index is 352. The second-order valence-electron chi connectivity index (χ2n) is 4.32. The van der Waals surface area contributed by atoms with Gasteiger partial charge in [-0.05, 0) is 19.4 Å². The zero-order valence-corrected chi connectivity index (χ0v) is 10.7. The Morgan fingerprint density at radius 2 is 1.61 bits per heavy atom. The summed E-state index contributed by atoms with van der Waals surface area (Å²) in [6, 6.07) is 3.40. The molecule has 1 aromatic rings. The molecule has 0 heterocycles. The van der Waals surface area contributed by atoms with Gasteiger partial charge in [0.05, 0.1) is 25.4 Å². The first kappa shape index (κ1) is 17.1. The Balaban J connectivity index is 0.000000331. The minimum absolute atomic E-state index is 0.234. The van der Waals surface area contributed by atoms with E-state index < -0.39 is 25.4 Å². The normalized spacial score (nSPS) is 10.8. The smallest absolute Gasteiger partial charge is 0.119 e. The summed E-state index contributed by atoms with van der Waals surface area (Å²) < 4.78 is 12.8. The molecular formula is C12H19BFNO3. The van der Waals surface area contributed by atoms with Crippen LogP contribution < -0.4 is 11.2 Å². The topological polar surface area (TPSA) is 86.7 Å². The molecule has 0 fully saturated rings. The van der Waals surface area contributed by atoms with Crippen molar-refractivity contribution in [2.24, 2.45) is 5.73 Å². The molecule has 2 radical (unpaired) electrons. The molecule has 0 atom stereocenters. The first-order valence-corrected chi connectivity index (χ1v) is 5.43. The van der Waals surface area contributed by atoms with Crippen molar-refractivity contribution in [2.45, 2.75) is 19.4 Å². The molecule has 0 saturated heterocycles. The number of aliphatic hydroxyl groups is 3. The van der Waals surface area contributed by atoms with Crippen molar-refractivity contribution in [2.75, 3.05) is 19.8 Å². The molecule has 1 rings (SSSR count). The predicted octanol–water partition coefficient (Wildman–Crippen LogP) is -1.10. The van der Waals surface area contributed by atoms with E-state index in [-0.39, 0.29) is 11.3 Å². The van der Waals surface area contributed by atoms with E-state index in [9.17, 15) is 4.39 Å². The average molecular weight is 255 g/mol. The summed E-state index contributed by atoms with van der Waals surface area (Å²) in [5.41, 5.74) is 5.78. The Kier molecular flexibility index (Phi) is 7.09. The molecule has 0 aromatic heterocycles. The molecule has 5 N–H and O–H groups in total. The maximum absolute atomic E-state index is 12.8. The largest absolute Gasteiger partial charge is 0.394 e. The Labute approximate surface area is 108 Å². The van der Waals surface area contributed by atoms with Crippen molar-refractivity contribution in [1.82, 2.24) is 0 Å².